The fourth-order valence-electron chi connectivity index (χ4n) is 1.40. The van der Waals surface area contributed by atoms with Crippen molar-refractivity contribution in [2.75, 3.05) is 13.2 Å². The number of hydrogen-bond acceptors (Lipinski definition) is 3. The molecular formula is C13H21NO2. The molecule has 16 heavy (non-hydrogen) atoms. The average molecular weight is 223 g/mol. The molecule has 0 aliphatic rings. The highest BCUT2D eigenvalue weighted by Gasteiger charge is 1.98. The van der Waals surface area contributed by atoms with Crippen LogP contribution in [-0.2, 0) is 6.42 Å². The van der Waals surface area contributed by atoms with Crippen molar-refractivity contribution in [2.45, 2.75) is 32.2 Å². The van der Waals surface area contributed by atoms with E-state index >= 15 is 0 Å². The summed E-state index contributed by atoms with van der Waals surface area (Å²) in [7, 11) is 0. The molecule has 0 saturated heterocycles. The summed E-state index contributed by atoms with van der Waals surface area (Å²) in [5.74, 6) is 0.859. The molecule has 1 unspecified atom stereocenters. The molecule has 0 bridgehead atoms. The molecule has 1 atom stereocenters. The smallest absolute Gasteiger partial charge is 0.119 e. The van der Waals surface area contributed by atoms with Crippen molar-refractivity contribution >= 4 is 0 Å². The van der Waals surface area contributed by atoms with Gasteiger partial charge in [-0.3, -0.25) is 0 Å². The van der Waals surface area contributed by atoms with Gasteiger partial charge in [0.25, 0.3) is 0 Å². The predicted octanol–water partition coefficient (Wildman–Crippen LogP) is 1.73. The SMILES string of the molecule is CC(N)CCc1ccc(OCCCO)cc1. The first-order chi connectivity index (χ1) is 7.72. The maximum Gasteiger partial charge on any atom is 0.119 e. The van der Waals surface area contributed by atoms with Gasteiger partial charge in [0.1, 0.15) is 5.75 Å². The number of rotatable bonds is 7. The highest BCUT2D eigenvalue weighted by molar-refractivity contribution is 5.27. The van der Waals surface area contributed by atoms with Gasteiger partial charge < -0.3 is 15.6 Å². The molecule has 0 spiro atoms. The third kappa shape index (κ3) is 5.14. The highest BCUT2D eigenvalue weighted by Crippen LogP contribution is 2.13. The molecule has 0 aromatic heterocycles. The Balaban J connectivity index is 2.35. The van der Waals surface area contributed by atoms with Crippen LogP contribution in [0.25, 0.3) is 0 Å². The fraction of sp³-hybridized carbons (Fsp3) is 0.538. The zero-order valence-corrected chi connectivity index (χ0v) is 9.86. The van der Waals surface area contributed by atoms with E-state index < -0.39 is 0 Å². The molecule has 1 aromatic carbocycles. The molecule has 0 aliphatic heterocycles. The van der Waals surface area contributed by atoms with Gasteiger partial charge >= 0.3 is 0 Å². The van der Waals surface area contributed by atoms with Gasteiger partial charge in [-0.1, -0.05) is 12.1 Å². The lowest BCUT2D eigenvalue weighted by Crippen LogP contribution is -2.15. The topological polar surface area (TPSA) is 55.5 Å². The third-order valence-electron chi connectivity index (χ3n) is 2.38. The number of aliphatic hydroxyl groups excluding tert-OH is 1. The van der Waals surface area contributed by atoms with Crippen LogP contribution in [0.5, 0.6) is 5.75 Å². The first-order valence-electron chi connectivity index (χ1n) is 5.80. The molecule has 3 heteroatoms. The van der Waals surface area contributed by atoms with Gasteiger partial charge in [-0.2, -0.15) is 0 Å². The van der Waals surface area contributed by atoms with E-state index in [0.717, 1.165) is 18.6 Å². The van der Waals surface area contributed by atoms with Crippen LogP contribution in [0.4, 0.5) is 0 Å². The van der Waals surface area contributed by atoms with E-state index in [2.05, 4.69) is 12.1 Å². The first kappa shape index (κ1) is 13.0. The minimum Gasteiger partial charge on any atom is -0.494 e. The van der Waals surface area contributed by atoms with Crippen molar-refractivity contribution in [3.63, 3.8) is 0 Å². The van der Waals surface area contributed by atoms with Crippen molar-refractivity contribution in [3.05, 3.63) is 29.8 Å². The average Bonchev–Trinajstić information content (AvgIpc) is 2.28. The predicted molar refractivity (Wildman–Crippen MR) is 65.6 cm³/mol. The summed E-state index contributed by atoms with van der Waals surface area (Å²) in [6.07, 6.45) is 2.69. The molecule has 0 fully saturated rings. The van der Waals surface area contributed by atoms with E-state index in [4.69, 9.17) is 15.6 Å². The summed E-state index contributed by atoms with van der Waals surface area (Å²) < 4.78 is 5.44. The van der Waals surface area contributed by atoms with Crippen molar-refractivity contribution < 1.29 is 9.84 Å². The Bertz CT molecular complexity index is 282. The summed E-state index contributed by atoms with van der Waals surface area (Å²) in [5, 5.41) is 8.62. The zero-order valence-electron chi connectivity index (χ0n) is 9.86. The Morgan fingerprint density at radius 3 is 2.56 bits per heavy atom. The number of nitrogens with two attached hydrogens (primary N) is 1. The van der Waals surface area contributed by atoms with Crippen LogP contribution in [0.15, 0.2) is 24.3 Å². The molecule has 0 heterocycles. The van der Waals surface area contributed by atoms with E-state index in [0.29, 0.717) is 13.0 Å². The quantitative estimate of drug-likeness (QED) is 0.692. The fourth-order valence-corrected chi connectivity index (χ4v) is 1.40. The van der Waals surface area contributed by atoms with Gasteiger partial charge in [-0.15, -0.1) is 0 Å². The van der Waals surface area contributed by atoms with Gasteiger partial charge in [0.2, 0.25) is 0 Å². The van der Waals surface area contributed by atoms with Crippen molar-refractivity contribution in [3.8, 4) is 5.75 Å². The van der Waals surface area contributed by atoms with Gasteiger partial charge in [0.15, 0.2) is 0 Å². The Kier molecular flexibility index (Phi) is 5.90. The molecule has 1 aromatic rings. The van der Waals surface area contributed by atoms with Crippen LogP contribution in [0.1, 0.15) is 25.3 Å². The maximum atomic E-state index is 8.62. The monoisotopic (exact) mass is 223 g/mol. The summed E-state index contributed by atoms with van der Waals surface area (Å²) >= 11 is 0. The molecule has 0 aliphatic carbocycles. The number of aryl methyl sites for hydroxylation is 1. The lowest BCUT2D eigenvalue weighted by Gasteiger charge is -2.07. The number of ether oxygens (including phenoxy) is 1. The van der Waals surface area contributed by atoms with Crippen LogP contribution >= 0.6 is 0 Å². The minimum absolute atomic E-state index is 0.173. The lowest BCUT2D eigenvalue weighted by molar-refractivity contribution is 0.233. The summed E-state index contributed by atoms with van der Waals surface area (Å²) in [6.45, 7) is 2.76. The standard InChI is InChI=1S/C13H21NO2/c1-11(14)3-4-12-5-7-13(8-6-12)16-10-2-9-15/h5-8,11,15H,2-4,9-10,14H2,1H3. The summed E-state index contributed by atoms with van der Waals surface area (Å²) in [4.78, 5) is 0. The van der Waals surface area contributed by atoms with E-state index in [1.54, 1.807) is 0 Å². The van der Waals surface area contributed by atoms with E-state index in [9.17, 15) is 0 Å². The van der Waals surface area contributed by atoms with Crippen LogP contribution < -0.4 is 10.5 Å². The molecule has 0 saturated carbocycles. The van der Waals surface area contributed by atoms with Gasteiger partial charge in [0, 0.05) is 19.1 Å². The number of benzene rings is 1. The van der Waals surface area contributed by atoms with Crippen LogP contribution in [0, 0.1) is 0 Å². The van der Waals surface area contributed by atoms with E-state index in [1.165, 1.54) is 5.56 Å². The third-order valence-corrected chi connectivity index (χ3v) is 2.38. The van der Waals surface area contributed by atoms with E-state index in [1.807, 2.05) is 19.1 Å². The summed E-state index contributed by atoms with van der Waals surface area (Å²) in [5.41, 5.74) is 6.99. The summed E-state index contributed by atoms with van der Waals surface area (Å²) in [6, 6.07) is 8.32. The normalized spacial score (nSPS) is 12.4. The molecule has 90 valence electrons. The number of hydrogen-bond donors (Lipinski definition) is 2. The molecule has 0 radical (unpaired) electrons. The van der Waals surface area contributed by atoms with E-state index in [-0.39, 0.29) is 12.6 Å². The molecule has 0 amide bonds. The van der Waals surface area contributed by atoms with Crippen molar-refractivity contribution in [2.24, 2.45) is 5.73 Å². The highest BCUT2D eigenvalue weighted by atomic mass is 16.5. The zero-order chi connectivity index (χ0) is 11.8. The van der Waals surface area contributed by atoms with Crippen molar-refractivity contribution in [1.29, 1.82) is 0 Å². The minimum atomic E-state index is 0.173. The maximum absolute atomic E-state index is 8.62. The van der Waals surface area contributed by atoms with Gasteiger partial charge in [-0.25, -0.2) is 0 Å². The first-order valence-corrected chi connectivity index (χ1v) is 5.80. The Hall–Kier alpha value is -1.06. The molecule has 3 nitrogen and oxygen atoms in total. The Morgan fingerprint density at radius 2 is 2.00 bits per heavy atom. The van der Waals surface area contributed by atoms with Gasteiger partial charge in [0.05, 0.1) is 6.61 Å². The van der Waals surface area contributed by atoms with Gasteiger partial charge in [-0.05, 0) is 37.5 Å². The largest absolute Gasteiger partial charge is 0.494 e. The Labute approximate surface area is 97.2 Å². The number of aliphatic hydroxyl groups is 1. The molecule has 1 rings (SSSR count). The second kappa shape index (κ2) is 7.25. The Morgan fingerprint density at radius 1 is 1.31 bits per heavy atom. The molecule has 3 N–H and O–H groups in total. The lowest BCUT2D eigenvalue weighted by atomic mass is 10.1. The molecular weight excluding hydrogens is 202 g/mol. The van der Waals surface area contributed by atoms with Crippen LogP contribution in [0.3, 0.4) is 0 Å². The second-order valence-corrected chi connectivity index (χ2v) is 4.09. The van der Waals surface area contributed by atoms with Crippen molar-refractivity contribution in [1.82, 2.24) is 0 Å². The second-order valence-electron chi connectivity index (χ2n) is 4.09. The van der Waals surface area contributed by atoms with Crippen LogP contribution in [-0.4, -0.2) is 24.4 Å². The van der Waals surface area contributed by atoms with Crippen LogP contribution in [0.2, 0.25) is 0 Å².